The molecule has 0 fully saturated rings. The Morgan fingerprint density at radius 2 is 1.27 bits per heavy atom. The highest BCUT2D eigenvalue weighted by Crippen LogP contribution is 2.26. The maximum absolute atomic E-state index is 12.3. The highest BCUT2D eigenvalue weighted by Gasteiger charge is 2.13. The van der Waals surface area contributed by atoms with E-state index < -0.39 is 11.9 Å². The van der Waals surface area contributed by atoms with Gasteiger partial charge in [-0.05, 0) is 41.5 Å². The van der Waals surface area contributed by atoms with Gasteiger partial charge in [0.1, 0.15) is 11.3 Å². The Morgan fingerprint density at radius 3 is 1.82 bits per heavy atom. The molecule has 2 N–H and O–H groups in total. The second kappa shape index (κ2) is 15.3. The molecule has 0 aromatic heterocycles. The second-order valence-electron chi connectivity index (χ2n) is 8.97. The van der Waals surface area contributed by atoms with Gasteiger partial charge in [-0.3, -0.25) is 0 Å². The van der Waals surface area contributed by atoms with Crippen LogP contribution in [0.25, 0.3) is 10.8 Å². The van der Waals surface area contributed by atoms with E-state index in [1.807, 2.05) is 0 Å². The van der Waals surface area contributed by atoms with Gasteiger partial charge in [-0.1, -0.05) is 96.5 Å². The molecular formula is C28H40O5. The predicted molar refractivity (Wildman–Crippen MR) is 133 cm³/mol. The number of aromatic hydroxyl groups is 1. The molecule has 0 aliphatic rings. The number of carbonyl (C=O) groups excluding carboxylic acids is 1. The van der Waals surface area contributed by atoms with Gasteiger partial charge in [-0.2, -0.15) is 0 Å². The van der Waals surface area contributed by atoms with Crippen LogP contribution in [0.15, 0.2) is 30.3 Å². The second-order valence-corrected chi connectivity index (χ2v) is 8.97. The van der Waals surface area contributed by atoms with Crippen molar-refractivity contribution in [3.05, 3.63) is 41.5 Å². The number of carbonyl (C=O) groups is 2. The van der Waals surface area contributed by atoms with Crippen molar-refractivity contribution in [2.75, 3.05) is 6.61 Å². The van der Waals surface area contributed by atoms with E-state index in [1.54, 1.807) is 18.2 Å². The molecule has 0 radical (unpaired) electrons. The van der Waals surface area contributed by atoms with E-state index in [0.29, 0.717) is 22.9 Å². The SMILES string of the molecule is CCCCCCCCCCCCCCCCOC(=O)c1ccc2cc(O)c(C(=O)O)cc2c1. The molecule has 0 saturated carbocycles. The van der Waals surface area contributed by atoms with Gasteiger partial charge in [0, 0.05) is 0 Å². The Hall–Kier alpha value is -2.56. The Balaban J connectivity index is 1.55. The Labute approximate surface area is 198 Å². The number of aromatic carboxylic acids is 1. The van der Waals surface area contributed by atoms with Crippen LogP contribution in [0.4, 0.5) is 0 Å². The van der Waals surface area contributed by atoms with E-state index in [4.69, 9.17) is 9.84 Å². The van der Waals surface area contributed by atoms with Gasteiger partial charge in [0.05, 0.1) is 12.2 Å². The summed E-state index contributed by atoms with van der Waals surface area (Å²) in [6, 6.07) is 7.69. The number of rotatable bonds is 17. The summed E-state index contributed by atoms with van der Waals surface area (Å²) in [5, 5.41) is 20.2. The zero-order chi connectivity index (χ0) is 23.9. The molecule has 0 saturated heterocycles. The van der Waals surface area contributed by atoms with Crippen LogP contribution >= 0.6 is 0 Å². The van der Waals surface area contributed by atoms with Crippen molar-refractivity contribution in [1.82, 2.24) is 0 Å². The minimum absolute atomic E-state index is 0.185. The van der Waals surface area contributed by atoms with E-state index in [1.165, 1.54) is 89.2 Å². The van der Waals surface area contributed by atoms with Crippen molar-refractivity contribution >= 4 is 22.7 Å². The van der Waals surface area contributed by atoms with Gasteiger partial charge >= 0.3 is 11.9 Å². The third-order valence-electron chi connectivity index (χ3n) is 6.15. The van der Waals surface area contributed by atoms with Crippen molar-refractivity contribution in [2.24, 2.45) is 0 Å². The van der Waals surface area contributed by atoms with Crippen LogP contribution in [0.5, 0.6) is 5.75 Å². The quantitative estimate of drug-likeness (QED) is 0.187. The van der Waals surface area contributed by atoms with Gasteiger partial charge in [0.2, 0.25) is 0 Å². The molecule has 5 heteroatoms. The molecular weight excluding hydrogens is 416 g/mol. The van der Waals surface area contributed by atoms with Gasteiger partial charge in [-0.15, -0.1) is 0 Å². The summed E-state index contributed by atoms with van der Waals surface area (Å²) in [5.41, 5.74) is 0.199. The zero-order valence-electron chi connectivity index (χ0n) is 20.1. The first-order chi connectivity index (χ1) is 16.0. The van der Waals surface area contributed by atoms with Crippen molar-refractivity contribution in [3.63, 3.8) is 0 Å². The minimum Gasteiger partial charge on any atom is -0.507 e. The topological polar surface area (TPSA) is 83.8 Å². The lowest BCUT2D eigenvalue weighted by atomic mass is 10.0. The van der Waals surface area contributed by atoms with Crippen molar-refractivity contribution in [1.29, 1.82) is 0 Å². The van der Waals surface area contributed by atoms with Gasteiger partial charge in [0.25, 0.3) is 0 Å². The van der Waals surface area contributed by atoms with Crippen molar-refractivity contribution in [2.45, 2.75) is 96.8 Å². The third kappa shape index (κ3) is 9.85. The van der Waals surface area contributed by atoms with Crippen molar-refractivity contribution < 1.29 is 24.5 Å². The monoisotopic (exact) mass is 456 g/mol. The van der Waals surface area contributed by atoms with E-state index in [-0.39, 0.29) is 11.3 Å². The highest BCUT2D eigenvalue weighted by molar-refractivity contribution is 6.00. The first-order valence-corrected chi connectivity index (χ1v) is 12.7. The predicted octanol–water partition coefficient (Wildman–Crippen LogP) is 7.88. The summed E-state index contributed by atoms with van der Waals surface area (Å²) in [7, 11) is 0. The molecule has 33 heavy (non-hydrogen) atoms. The van der Waals surface area contributed by atoms with E-state index >= 15 is 0 Å². The number of esters is 1. The average Bonchev–Trinajstić information content (AvgIpc) is 2.80. The van der Waals surface area contributed by atoms with Crippen LogP contribution in [0.1, 0.15) is 118 Å². The summed E-state index contributed by atoms with van der Waals surface area (Å²) < 4.78 is 5.38. The molecule has 0 aliphatic heterocycles. The molecule has 0 amide bonds. The van der Waals surface area contributed by atoms with Crippen LogP contribution < -0.4 is 0 Å². The maximum Gasteiger partial charge on any atom is 0.339 e. The Kier molecular flexibility index (Phi) is 12.4. The summed E-state index contributed by atoms with van der Waals surface area (Å²) >= 11 is 0. The highest BCUT2D eigenvalue weighted by atomic mass is 16.5. The fraction of sp³-hybridized carbons (Fsp3) is 0.571. The summed E-state index contributed by atoms with van der Waals surface area (Å²) in [5.74, 6) is -1.90. The van der Waals surface area contributed by atoms with Crippen LogP contribution in [0.2, 0.25) is 0 Å². The number of ether oxygens (including phenoxy) is 1. The molecule has 0 bridgehead atoms. The number of carboxylic acid groups (broad SMARTS) is 1. The first-order valence-electron chi connectivity index (χ1n) is 12.7. The van der Waals surface area contributed by atoms with E-state index in [9.17, 15) is 14.7 Å². The number of phenols is 1. The summed E-state index contributed by atoms with van der Waals surface area (Å²) in [4.78, 5) is 23.5. The molecule has 5 nitrogen and oxygen atoms in total. The molecule has 0 atom stereocenters. The van der Waals surface area contributed by atoms with Crippen LogP contribution in [0.3, 0.4) is 0 Å². The van der Waals surface area contributed by atoms with Gasteiger partial charge < -0.3 is 14.9 Å². The van der Waals surface area contributed by atoms with Gasteiger partial charge in [0.15, 0.2) is 0 Å². The van der Waals surface area contributed by atoms with Crippen LogP contribution in [0, 0.1) is 0 Å². The molecule has 0 unspecified atom stereocenters. The number of hydrogen-bond acceptors (Lipinski definition) is 4. The molecule has 0 aliphatic carbocycles. The first kappa shape index (κ1) is 26.7. The molecule has 2 aromatic rings. The van der Waals surface area contributed by atoms with Crippen molar-refractivity contribution in [3.8, 4) is 5.75 Å². The standard InChI is InChI=1S/C28H40O5/c1-2-3-4-5-6-7-8-9-10-11-12-13-14-15-18-33-28(32)23-17-16-22-21-26(29)25(27(30)31)20-24(22)19-23/h16-17,19-21,29H,2-15,18H2,1H3,(H,30,31). The van der Waals surface area contributed by atoms with E-state index in [2.05, 4.69) is 6.92 Å². The summed E-state index contributed by atoms with van der Waals surface area (Å²) in [6.07, 6.45) is 17.9. The molecule has 0 spiro atoms. The number of fused-ring (bicyclic) bond motifs is 1. The molecule has 0 heterocycles. The molecule has 2 rings (SSSR count). The number of unbranched alkanes of at least 4 members (excludes halogenated alkanes) is 13. The fourth-order valence-corrected chi connectivity index (χ4v) is 4.13. The van der Waals surface area contributed by atoms with Crippen LogP contribution in [-0.4, -0.2) is 28.8 Å². The van der Waals surface area contributed by atoms with E-state index in [0.717, 1.165) is 12.8 Å². The smallest absolute Gasteiger partial charge is 0.339 e. The maximum atomic E-state index is 12.3. The lowest BCUT2D eigenvalue weighted by Gasteiger charge is -2.07. The zero-order valence-corrected chi connectivity index (χ0v) is 20.1. The Morgan fingerprint density at radius 1 is 0.727 bits per heavy atom. The molecule has 2 aromatic carbocycles. The lowest BCUT2D eigenvalue weighted by molar-refractivity contribution is 0.0497. The molecule has 182 valence electrons. The minimum atomic E-state index is -1.21. The summed E-state index contributed by atoms with van der Waals surface area (Å²) in [6.45, 7) is 2.65. The average molecular weight is 457 g/mol. The van der Waals surface area contributed by atoms with Gasteiger partial charge in [-0.25, -0.2) is 9.59 Å². The number of hydrogen-bond donors (Lipinski definition) is 2. The fourth-order valence-electron chi connectivity index (χ4n) is 4.13. The number of benzene rings is 2. The lowest BCUT2D eigenvalue weighted by Crippen LogP contribution is -2.06. The van der Waals surface area contributed by atoms with Crippen LogP contribution in [-0.2, 0) is 4.74 Å². The largest absolute Gasteiger partial charge is 0.507 e. The number of carboxylic acids is 1. The third-order valence-corrected chi connectivity index (χ3v) is 6.15. The normalized spacial score (nSPS) is 11.1. The Bertz CT molecular complexity index is 874.